The second-order valence-corrected chi connectivity index (χ2v) is 6.32. The first kappa shape index (κ1) is 15.6. The van der Waals surface area contributed by atoms with E-state index in [0.29, 0.717) is 18.1 Å². The van der Waals surface area contributed by atoms with E-state index in [4.69, 9.17) is 4.42 Å². The maximum Gasteiger partial charge on any atom is 0.240 e. The molecule has 0 bridgehead atoms. The first-order valence-electron chi connectivity index (χ1n) is 7.25. The molecule has 1 aliphatic heterocycles. The van der Waals surface area contributed by atoms with Crippen LogP contribution in [0, 0.1) is 13.8 Å². The summed E-state index contributed by atoms with van der Waals surface area (Å²) in [7, 11) is 0. The summed E-state index contributed by atoms with van der Waals surface area (Å²) in [5, 5.41) is 3.57. The minimum atomic E-state index is -0.229. The number of furan rings is 1. The average Bonchev–Trinajstić information content (AvgIpc) is 3.01. The normalized spacial score (nSPS) is 13.8. The number of hydrogen-bond donors (Lipinski definition) is 1. The van der Waals surface area contributed by atoms with Crippen molar-refractivity contribution in [3.8, 4) is 0 Å². The molecule has 2 aromatic rings. The zero-order chi connectivity index (χ0) is 16.4. The molecular formula is C16H17N3O3S. The first-order valence-corrected chi connectivity index (χ1v) is 8.23. The Morgan fingerprint density at radius 1 is 1.48 bits per heavy atom. The topological polar surface area (TPSA) is 75.4 Å². The predicted molar refractivity (Wildman–Crippen MR) is 87.3 cm³/mol. The number of carbonyl (C=O) groups excluding carboxylic acids is 2. The van der Waals surface area contributed by atoms with E-state index < -0.39 is 0 Å². The van der Waals surface area contributed by atoms with Gasteiger partial charge in [0.25, 0.3) is 0 Å². The first-order chi connectivity index (χ1) is 11.0. The average molecular weight is 331 g/mol. The molecule has 2 amide bonds. The fraction of sp³-hybridized carbons (Fsp3) is 0.312. The molecule has 23 heavy (non-hydrogen) atoms. The van der Waals surface area contributed by atoms with Crippen molar-refractivity contribution in [1.82, 2.24) is 10.3 Å². The van der Waals surface area contributed by atoms with Gasteiger partial charge in [0.15, 0.2) is 0 Å². The van der Waals surface area contributed by atoms with E-state index in [0.717, 1.165) is 22.0 Å². The molecule has 2 aromatic heterocycles. The van der Waals surface area contributed by atoms with E-state index in [1.807, 2.05) is 19.9 Å². The van der Waals surface area contributed by atoms with Gasteiger partial charge in [0, 0.05) is 5.69 Å². The zero-order valence-corrected chi connectivity index (χ0v) is 13.8. The third kappa shape index (κ3) is 3.39. The van der Waals surface area contributed by atoms with Gasteiger partial charge in [0.1, 0.15) is 17.3 Å². The van der Waals surface area contributed by atoms with Gasteiger partial charge in [-0.25, -0.2) is 4.98 Å². The van der Waals surface area contributed by atoms with Crippen molar-refractivity contribution in [2.45, 2.75) is 25.4 Å². The molecule has 1 N–H and O–H groups in total. The SMILES string of the molecule is Cc1cc(C)c2c(n1)SCC(=O)N2CC(=O)NCc1ccco1. The molecule has 0 spiro atoms. The van der Waals surface area contributed by atoms with Crippen LogP contribution in [0.2, 0.25) is 0 Å². The van der Waals surface area contributed by atoms with Gasteiger partial charge in [-0.1, -0.05) is 11.8 Å². The standard InChI is InChI=1S/C16H17N3O3S/c1-10-6-11(2)18-16-15(10)19(14(21)9-23-16)8-13(20)17-7-12-4-3-5-22-12/h3-6H,7-9H2,1-2H3,(H,17,20). The third-order valence-corrected chi connectivity index (χ3v) is 4.47. The lowest BCUT2D eigenvalue weighted by Crippen LogP contribution is -2.43. The minimum Gasteiger partial charge on any atom is -0.467 e. The maximum absolute atomic E-state index is 12.2. The van der Waals surface area contributed by atoms with E-state index >= 15 is 0 Å². The molecule has 6 nitrogen and oxygen atoms in total. The summed E-state index contributed by atoms with van der Waals surface area (Å²) in [5.74, 6) is 0.665. The molecule has 0 unspecified atom stereocenters. The van der Waals surface area contributed by atoms with Crippen LogP contribution in [0.4, 0.5) is 5.69 Å². The zero-order valence-electron chi connectivity index (χ0n) is 13.0. The molecule has 0 saturated carbocycles. The second kappa shape index (κ2) is 6.45. The van der Waals surface area contributed by atoms with E-state index in [2.05, 4.69) is 10.3 Å². The highest BCUT2D eigenvalue weighted by Crippen LogP contribution is 2.36. The Morgan fingerprint density at radius 3 is 3.04 bits per heavy atom. The number of carbonyl (C=O) groups is 2. The van der Waals surface area contributed by atoms with E-state index in [-0.39, 0.29) is 18.4 Å². The monoisotopic (exact) mass is 331 g/mol. The number of amides is 2. The number of anilines is 1. The van der Waals surface area contributed by atoms with Crippen molar-refractivity contribution in [2.24, 2.45) is 0 Å². The van der Waals surface area contributed by atoms with Crippen LogP contribution in [0.5, 0.6) is 0 Å². The van der Waals surface area contributed by atoms with Crippen LogP contribution in [-0.4, -0.2) is 29.1 Å². The number of aryl methyl sites for hydroxylation is 2. The highest BCUT2D eigenvalue weighted by atomic mass is 32.2. The van der Waals surface area contributed by atoms with Crippen molar-refractivity contribution in [3.05, 3.63) is 41.5 Å². The third-order valence-electron chi connectivity index (χ3n) is 3.52. The maximum atomic E-state index is 12.2. The van der Waals surface area contributed by atoms with Gasteiger partial charge in [-0.15, -0.1) is 0 Å². The van der Waals surface area contributed by atoms with Crippen LogP contribution in [0.1, 0.15) is 17.0 Å². The summed E-state index contributed by atoms with van der Waals surface area (Å²) in [5.41, 5.74) is 2.60. The Balaban J connectivity index is 1.75. The molecule has 0 aliphatic carbocycles. The van der Waals surface area contributed by atoms with Crippen molar-refractivity contribution < 1.29 is 14.0 Å². The Kier molecular flexibility index (Phi) is 4.38. The molecule has 3 heterocycles. The van der Waals surface area contributed by atoms with Gasteiger partial charge < -0.3 is 9.73 Å². The highest BCUT2D eigenvalue weighted by molar-refractivity contribution is 8.00. The van der Waals surface area contributed by atoms with Crippen molar-refractivity contribution >= 4 is 29.3 Å². The summed E-state index contributed by atoms with van der Waals surface area (Å²) in [6, 6.07) is 5.47. The van der Waals surface area contributed by atoms with Gasteiger partial charge in [-0.05, 0) is 37.6 Å². The smallest absolute Gasteiger partial charge is 0.240 e. The molecule has 0 fully saturated rings. The van der Waals surface area contributed by atoms with Gasteiger partial charge in [-0.3, -0.25) is 14.5 Å². The summed E-state index contributed by atoms with van der Waals surface area (Å²) in [4.78, 5) is 30.4. The summed E-state index contributed by atoms with van der Waals surface area (Å²) in [6.45, 7) is 4.14. The highest BCUT2D eigenvalue weighted by Gasteiger charge is 2.29. The Morgan fingerprint density at radius 2 is 2.30 bits per heavy atom. The molecule has 120 valence electrons. The van der Waals surface area contributed by atoms with Gasteiger partial charge >= 0.3 is 0 Å². The lowest BCUT2D eigenvalue weighted by Gasteiger charge is -2.29. The van der Waals surface area contributed by atoms with Crippen LogP contribution in [0.25, 0.3) is 0 Å². The van der Waals surface area contributed by atoms with Crippen LogP contribution >= 0.6 is 11.8 Å². The summed E-state index contributed by atoms with van der Waals surface area (Å²) < 4.78 is 5.17. The molecule has 7 heteroatoms. The second-order valence-electron chi connectivity index (χ2n) is 5.36. The van der Waals surface area contributed by atoms with Gasteiger partial charge in [0.05, 0.1) is 24.2 Å². The number of pyridine rings is 1. The Hall–Kier alpha value is -2.28. The largest absolute Gasteiger partial charge is 0.467 e. The number of fused-ring (bicyclic) bond motifs is 1. The van der Waals surface area contributed by atoms with Crippen molar-refractivity contribution in [3.63, 3.8) is 0 Å². The Bertz CT molecular complexity index is 743. The van der Waals surface area contributed by atoms with Crippen molar-refractivity contribution in [2.75, 3.05) is 17.2 Å². The molecule has 3 rings (SSSR count). The van der Waals surface area contributed by atoms with E-state index in [1.54, 1.807) is 18.4 Å². The molecule has 0 radical (unpaired) electrons. The molecule has 1 aliphatic rings. The van der Waals surface area contributed by atoms with Crippen LogP contribution < -0.4 is 10.2 Å². The summed E-state index contributed by atoms with van der Waals surface area (Å²) in [6.07, 6.45) is 1.56. The Labute approximate surface area is 138 Å². The number of nitrogens with zero attached hydrogens (tertiary/aromatic N) is 2. The van der Waals surface area contributed by atoms with Gasteiger partial charge in [-0.2, -0.15) is 0 Å². The number of nitrogens with one attached hydrogen (secondary N) is 1. The molecule has 0 atom stereocenters. The van der Waals surface area contributed by atoms with Crippen LogP contribution in [0.3, 0.4) is 0 Å². The number of rotatable bonds is 4. The van der Waals surface area contributed by atoms with E-state index in [1.165, 1.54) is 16.7 Å². The fourth-order valence-electron chi connectivity index (χ4n) is 2.52. The number of aromatic nitrogens is 1. The van der Waals surface area contributed by atoms with Crippen LogP contribution in [-0.2, 0) is 16.1 Å². The summed E-state index contributed by atoms with van der Waals surface area (Å²) >= 11 is 1.42. The number of thioether (sulfide) groups is 1. The lowest BCUT2D eigenvalue weighted by atomic mass is 10.2. The molecular weight excluding hydrogens is 314 g/mol. The quantitative estimate of drug-likeness (QED) is 0.928. The van der Waals surface area contributed by atoms with E-state index in [9.17, 15) is 9.59 Å². The molecule has 0 saturated heterocycles. The minimum absolute atomic E-state index is 0.0152. The number of hydrogen-bond acceptors (Lipinski definition) is 5. The lowest BCUT2D eigenvalue weighted by molar-refractivity contribution is -0.123. The fourth-order valence-corrected chi connectivity index (χ4v) is 3.56. The van der Waals surface area contributed by atoms with Crippen LogP contribution in [0.15, 0.2) is 33.9 Å². The van der Waals surface area contributed by atoms with Crippen molar-refractivity contribution in [1.29, 1.82) is 0 Å². The van der Waals surface area contributed by atoms with Gasteiger partial charge in [0.2, 0.25) is 11.8 Å². The molecule has 0 aromatic carbocycles. The predicted octanol–water partition coefficient (Wildman–Crippen LogP) is 2.05.